The molecule has 1 heterocycles. The summed E-state index contributed by atoms with van der Waals surface area (Å²) in [5.74, 6) is 1.34. The van der Waals surface area contributed by atoms with E-state index in [-0.39, 0.29) is 23.4 Å². The van der Waals surface area contributed by atoms with Gasteiger partial charge in [0.25, 0.3) is 5.56 Å². The van der Waals surface area contributed by atoms with Crippen molar-refractivity contribution >= 4 is 5.97 Å². The van der Waals surface area contributed by atoms with Gasteiger partial charge in [-0.15, -0.1) is 0 Å². The molecule has 0 amide bonds. The first-order valence-electron chi connectivity index (χ1n) is 9.39. The number of ether oxygens (including phenoxy) is 2. The Morgan fingerprint density at radius 1 is 1.32 bits per heavy atom. The molecule has 0 bridgehead atoms. The lowest BCUT2D eigenvalue weighted by atomic mass is 9.75. The molecule has 0 saturated heterocycles. The normalized spacial score (nSPS) is 24.8. The highest BCUT2D eigenvalue weighted by molar-refractivity contribution is 5.74. The van der Waals surface area contributed by atoms with E-state index in [0.29, 0.717) is 24.4 Å². The Labute approximate surface area is 150 Å². The van der Waals surface area contributed by atoms with Crippen LogP contribution in [0, 0.1) is 17.8 Å². The van der Waals surface area contributed by atoms with E-state index in [4.69, 9.17) is 9.47 Å². The lowest BCUT2D eigenvalue weighted by Crippen LogP contribution is -2.38. The van der Waals surface area contributed by atoms with Gasteiger partial charge in [-0.1, -0.05) is 27.2 Å². The number of carbonyl (C=O) groups excluding carboxylic acids is 1. The molecule has 0 radical (unpaired) electrons. The molecule has 0 N–H and O–H groups in total. The van der Waals surface area contributed by atoms with E-state index < -0.39 is 6.04 Å². The van der Waals surface area contributed by atoms with Gasteiger partial charge in [0, 0.05) is 6.20 Å². The van der Waals surface area contributed by atoms with E-state index in [1.54, 1.807) is 25.3 Å². The van der Waals surface area contributed by atoms with Crippen LogP contribution in [0.2, 0.25) is 0 Å². The first-order valence-corrected chi connectivity index (χ1v) is 9.39. The number of aromatic nitrogens is 1. The standard InChI is InChI=1S/C20H31NO4/c1-6-24-17-8-7-11-21(19(17)22)15(5)20(23)25-18-12-14(4)9-10-16(18)13(2)3/h7-8,11,13-16,18H,6,9-10,12H2,1-5H3. The van der Waals surface area contributed by atoms with E-state index in [2.05, 4.69) is 20.8 Å². The molecule has 0 spiro atoms. The number of nitrogens with zero attached hydrogens (tertiary/aromatic N) is 1. The molecule has 1 aromatic heterocycles. The van der Waals surface area contributed by atoms with Crippen LogP contribution in [0.15, 0.2) is 23.1 Å². The van der Waals surface area contributed by atoms with Gasteiger partial charge in [0.1, 0.15) is 12.1 Å². The van der Waals surface area contributed by atoms with Gasteiger partial charge < -0.3 is 9.47 Å². The van der Waals surface area contributed by atoms with Gasteiger partial charge in [0.2, 0.25) is 0 Å². The third-order valence-corrected chi connectivity index (χ3v) is 5.23. The quantitative estimate of drug-likeness (QED) is 0.733. The van der Waals surface area contributed by atoms with E-state index in [1.807, 2.05) is 6.92 Å². The lowest BCUT2D eigenvalue weighted by Gasteiger charge is -2.37. The van der Waals surface area contributed by atoms with Gasteiger partial charge in [0.15, 0.2) is 5.75 Å². The van der Waals surface area contributed by atoms with Crippen LogP contribution < -0.4 is 10.3 Å². The zero-order valence-electron chi connectivity index (χ0n) is 16.0. The summed E-state index contributed by atoms with van der Waals surface area (Å²) in [5, 5.41) is 0. The van der Waals surface area contributed by atoms with Gasteiger partial charge in [-0.25, -0.2) is 4.79 Å². The zero-order valence-corrected chi connectivity index (χ0v) is 16.0. The molecule has 140 valence electrons. The Kier molecular flexibility index (Phi) is 6.68. The number of hydrogen-bond acceptors (Lipinski definition) is 4. The highest BCUT2D eigenvalue weighted by Gasteiger charge is 2.34. The van der Waals surface area contributed by atoms with E-state index in [9.17, 15) is 9.59 Å². The third-order valence-electron chi connectivity index (χ3n) is 5.23. The third kappa shape index (κ3) is 4.65. The first kappa shape index (κ1) is 19.5. The molecule has 1 fully saturated rings. The predicted molar refractivity (Wildman–Crippen MR) is 97.8 cm³/mol. The summed E-state index contributed by atoms with van der Waals surface area (Å²) in [5.41, 5.74) is -0.300. The molecule has 4 atom stereocenters. The summed E-state index contributed by atoms with van der Waals surface area (Å²) in [6, 6.07) is 2.67. The van der Waals surface area contributed by atoms with Gasteiger partial charge in [-0.05, 0) is 56.6 Å². The molecule has 0 aromatic carbocycles. The van der Waals surface area contributed by atoms with Crippen molar-refractivity contribution in [2.75, 3.05) is 6.61 Å². The second-order valence-corrected chi connectivity index (χ2v) is 7.50. The van der Waals surface area contributed by atoms with Crippen molar-refractivity contribution in [1.82, 2.24) is 4.57 Å². The van der Waals surface area contributed by atoms with Crippen molar-refractivity contribution in [3.05, 3.63) is 28.7 Å². The Hall–Kier alpha value is -1.78. The van der Waals surface area contributed by atoms with Crippen molar-refractivity contribution in [2.45, 2.75) is 66.0 Å². The number of esters is 1. The number of rotatable bonds is 6. The van der Waals surface area contributed by atoms with E-state index in [1.165, 1.54) is 11.0 Å². The van der Waals surface area contributed by atoms with Gasteiger partial charge in [-0.3, -0.25) is 9.36 Å². The van der Waals surface area contributed by atoms with Gasteiger partial charge in [0.05, 0.1) is 6.61 Å². The van der Waals surface area contributed by atoms with Crippen LogP contribution in [-0.4, -0.2) is 23.2 Å². The van der Waals surface area contributed by atoms with Crippen LogP contribution in [0.4, 0.5) is 0 Å². The summed E-state index contributed by atoms with van der Waals surface area (Å²) in [6.45, 7) is 10.5. The zero-order chi connectivity index (χ0) is 18.6. The Morgan fingerprint density at radius 2 is 2.04 bits per heavy atom. The largest absolute Gasteiger partial charge is 0.488 e. The van der Waals surface area contributed by atoms with Crippen molar-refractivity contribution < 1.29 is 14.3 Å². The minimum atomic E-state index is -0.669. The molecule has 1 aliphatic carbocycles. The lowest BCUT2D eigenvalue weighted by molar-refractivity contribution is -0.159. The van der Waals surface area contributed by atoms with Crippen molar-refractivity contribution in [1.29, 1.82) is 0 Å². The van der Waals surface area contributed by atoms with Gasteiger partial charge in [-0.2, -0.15) is 0 Å². The fourth-order valence-electron chi connectivity index (χ4n) is 3.67. The van der Waals surface area contributed by atoms with E-state index in [0.717, 1.165) is 12.8 Å². The maximum absolute atomic E-state index is 12.7. The average molecular weight is 349 g/mol. The Morgan fingerprint density at radius 3 is 2.68 bits per heavy atom. The average Bonchev–Trinajstić information content (AvgIpc) is 2.56. The van der Waals surface area contributed by atoms with Crippen LogP contribution in [0.5, 0.6) is 5.75 Å². The van der Waals surface area contributed by atoms with Crippen LogP contribution in [0.1, 0.15) is 59.9 Å². The number of pyridine rings is 1. The molecule has 1 saturated carbocycles. The number of hydrogen-bond donors (Lipinski definition) is 0. The topological polar surface area (TPSA) is 57.5 Å². The monoisotopic (exact) mass is 349 g/mol. The summed E-state index contributed by atoms with van der Waals surface area (Å²) < 4.78 is 12.6. The molecule has 1 aromatic rings. The van der Waals surface area contributed by atoms with Crippen molar-refractivity contribution in [3.8, 4) is 5.75 Å². The predicted octanol–water partition coefficient (Wildman–Crippen LogP) is 3.81. The second-order valence-electron chi connectivity index (χ2n) is 7.50. The van der Waals surface area contributed by atoms with Crippen molar-refractivity contribution in [3.63, 3.8) is 0 Å². The Balaban J connectivity index is 2.14. The van der Waals surface area contributed by atoms with E-state index >= 15 is 0 Å². The summed E-state index contributed by atoms with van der Waals surface area (Å²) in [7, 11) is 0. The smallest absolute Gasteiger partial charge is 0.329 e. The highest BCUT2D eigenvalue weighted by Crippen LogP contribution is 2.35. The van der Waals surface area contributed by atoms with Crippen LogP contribution in [0.25, 0.3) is 0 Å². The fraction of sp³-hybridized carbons (Fsp3) is 0.700. The first-order chi connectivity index (χ1) is 11.8. The van der Waals surface area contributed by atoms with Crippen LogP contribution >= 0.6 is 0 Å². The molecule has 5 nitrogen and oxygen atoms in total. The maximum Gasteiger partial charge on any atom is 0.329 e. The molecule has 4 unspecified atom stereocenters. The molecule has 25 heavy (non-hydrogen) atoms. The maximum atomic E-state index is 12.7. The molecule has 2 rings (SSSR count). The summed E-state index contributed by atoms with van der Waals surface area (Å²) >= 11 is 0. The molecule has 0 aliphatic heterocycles. The molecular weight excluding hydrogens is 318 g/mol. The van der Waals surface area contributed by atoms with Crippen LogP contribution in [0.3, 0.4) is 0 Å². The SMILES string of the molecule is CCOc1cccn(C(C)C(=O)OC2CC(C)CCC2C(C)C)c1=O. The second kappa shape index (κ2) is 8.54. The molecule has 5 heteroatoms. The minimum absolute atomic E-state index is 0.0653. The Bertz CT molecular complexity index is 637. The van der Waals surface area contributed by atoms with Crippen LogP contribution in [-0.2, 0) is 9.53 Å². The molecule has 1 aliphatic rings. The highest BCUT2D eigenvalue weighted by atomic mass is 16.5. The summed E-state index contributed by atoms with van der Waals surface area (Å²) in [4.78, 5) is 25.1. The fourth-order valence-corrected chi connectivity index (χ4v) is 3.67. The minimum Gasteiger partial charge on any atom is -0.488 e. The summed E-state index contributed by atoms with van der Waals surface area (Å²) in [6.07, 6.45) is 4.72. The molecular formula is C20H31NO4. The number of carbonyl (C=O) groups is 1. The van der Waals surface area contributed by atoms with Crippen molar-refractivity contribution in [2.24, 2.45) is 17.8 Å². The van der Waals surface area contributed by atoms with Gasteiger partial charge >= 0.3 is 5.97 Å².